The monoisotopic (exact) mass is 296 g/mol. The maximum absolute atomic E-state index is 11.3. The Kier molecular flexibility index (Phi) is 6.24. The molecule has 0 atom stereocenters. The molecule has 0 unspecified atom stereocenters. The van der Waals surface area contributed by atoms with E-state index in [1.807, 2.05) is 60.7 Å². The van der Waals surface area contributed by atoms with E-state index >= 15 is 0 Å². The molecule has 0 aliphatic rings. The summed E-state index contributed by atoms with van der Waals surface area (Å²) in [7, 11) is 0. The van der Waals surface area contributed by atoms with Gasteiger partial charge in [-0.2, -0.15) is 0 Å². The summed E-state index contributed by atoms with van der Waals surface area (Å²) in [6.07, 6.45) is 3.98. The Bertz CT molecular complexity index is 618. The lowest BCUT2D eigenvalue weighted by molar-refractivity contribution is -0.142. The summed E-state index contributed by atoms with van der Waals surface area (Å²) in [4.78, 5) is 11.3. The summed E-state index contributed by atoms with van der Waals surface area (Å²) in [5.41, 5.74) is 2.13. The molecular weight excluding hydrogens is 276 g/mol. The first kappa shape index (κ1) is 15.8. The molecule has 114 valence electrons. The van der Waals surface area contributed by atoms with Crippen molar-refractivity contribution in [3.63, 3.8) is 0 Å². The van der Waals surface area contributed by atoms with Gasteiger partial charge in [0.05, 0.1) is 13.0 Å². The van der Waals surface area contributed by atoms with Crippen LogP contribution >= 0.6 is 0 Å². The Morgan fingerprint density at radius 3 is 2.68 bits per heavy atom. The number of carbonyl (C=O) groups excluding carboxylic acids is 1. The molecule has 0 saturated carbocycles. The first-order chi connectivity index (χ1) is 10.8. The lowest BCUT2D eigenvalue weighted by atomic mass is 10.2. The summed E-state index contributed by atoms with van der Waals surface area (Å²) < 4.78 is 10.6. The Morgan fingerprint density at radius 1 is 1.09 bits per heavy atom. The second-order valence-electron chi connectivity index (χ2n) is 4.76. The SMILES string of the molecule is CCOC(=O)CC=Cc1cccc(OCc2ccccc2)c1. The zero-order valence-corrected chi connectivity index (χ0v) is 12.7. The Labute approximate surface area is 131 Å². The fourth-order valence-electron chi connectivity index (χ4n) is 1.96. The van der Waals surface area contributed by atoms with Crippen molar-refractivity contribution in [1.82, 2.24) is 0 Å². The highest BCUT2D eigenvalue weighted by Crippen LogP contribution is 2.16. The molecule has 0 aliphatic heterocycles. The molecule has 2 aromatic rings. The van der Waals surface area contributed by atoms with Crippen molar-refractivity contribution in [3.05, 3.63) is 71.8 Å². The molecule has 0 radical (unpaired) electrons. The standard InChI is InChI=1S/C19H20O3/c1-2-21-19(20)13-7-11-16-10-6-12-18(14-16)22-15-17-8-4-3-5-9-17/h3-12,14H,2,13,15H2,1H3. The third-order valence-electron chi connectivity index (χ3n) is 3.01. The molecule has 2 aromatic carbocycles. The highest BCUT2D eigenvalue weighted by atomic mass is 16.5. The molecule has 0 heterocycles. The van der Waals surface area contributed by atoms with E-state index in [1.54, 1.807) is 13.0 Å². The van der Waals surface area contributed by atoms with Crippen molar-refractivity contribution in [2.45, 2.75) is 20.0 Å². The average Bonchev–Trinajstić information content (AvgIpc) is 2.55. The van der Waals surface area contributed by atoms with Crippen LogP contribution in [0.5, 0.6) is 5.75 Å². The fraction of sp³-hybridized carbons (Fsp3) is 0.211. The van der Waals surface area contributed by atoms with Gasteiger partial charge in [-0.25, -0.2) is 0 Å². The van der Waals surface area contributed by atoms with Crippen LogP contribution in [0.25, 0.3) is 6.08 Å². The van der Waals surface area contributed by atoms with Gasteiger partial charge in [-0.3, -0.25) is 4.79 Å². The maximum Gasteiger partial charge on any atom is 0.309 e. The first-order valence-electron chi connectivity index (χ1n) is 7.37. The lowest BCUT2D eigenvalue weighted by Crippen LogP contribution is -2.01. The van der Waals surface area contributed by atoms with E-state index in [0.717, 1.165) is 16.9 Å². The Hall–Kier alpha value is -2.55. The highest BCUT2D eigenvalue weighted by Gasteiger charge is 1.98. The molecular formula is C19H20O3. The van der Waals surface area contributed by atoms with Gasteiger partial charge in [0.1, 0.15) is 12.4 Å². The number of carbonyl (C=O) groups is 1. The van der Waals surface area contributed by atoms with Crippen LogP contribution in [0.1, 0.15) is 24.5 Å². The minimum Gasteiger partial charge on any atom is -0.489 e. The van der Waals surface area contributed by atoms with E-state index in [0.29, 0.717) is 13.2 Å². The molecule has 0 amide bonds. The van der Waals surface area contributed by atoms with Crippen LogP contribution in [-0.2, 0) is 16.1 Å². The minimum atomic E-state index is -0.213. The molecule has 22 heavy (non-hydrogen) atoms. The second-order valence-corrected chi connectivity index (χ2v) is 4.76. The van der Waals surface area contributed by atoms with E-state index in [4.69, 9.17) is 9.47 Å². The third kappa shape index (κ3) is 5.44. The van der Waals surface area contributed by atoms with Gasteiger partial charge in [-0.05, 0) is 30.2 Å². The third-order valence-corrected chi connectivity index (χ3v) is 3.01. The summed E-state index contributed by atoms with van der Waals surface area (Å²) in [5.74, 6) is 0.595. The van der Waals surface area contributed by atoms with Crippen molar-refractivity contribution in [2.75, 3.05) is 6.61 Å². The van der Waals surface area contributed by atoms with Gasteiger partial charge >= 0.3 is 5.97 Å². The molecule has 2 rings (SSSR count). The van der Waals surface area contributed by atoms with Crippen molar-refractivity contribution < 1.29 is 14.3 Å². The van der Waals surface area contributed by atoms with Gasteiger partial charge in [0, 0.05) is 0 Å². The van der Waals surface area contributed by atoms with Gasteiger partial charge in [-0.1, -0.05) is 54.6 Å². The predicted octanol–water partition coefficient (Wildman–Crippen LogP) is 4.23. The van der Waals surface area contributed by atoms with Crippen molar-refractivity contribution in [2.24, 2.45) is 0 Å². The number of hydrogen-bond donors (Lipinski definition) is 0. The number of esters is 1. The summed E-state index contributed by atoms with van der Waals surface area (Å²) in [6.45, 7) is 2.75. The Balaban J connectivity index is 1.89. The second kappa shape index (κ2) is 8.67. The van der Waals surface area contributed by atoms with Crippen LogP contribution in [0.4, 0.5) is 0 Å². The van der Waals surface area contributed by atoms with Crippen LogP contribution in [0, 0.1) is 0 Å². The predicted molar refractivity (Wildman–Crippen MR) is 87.5 cm³/mol. The van der Waals surface area contributed by atoms with Crippen LogP contribution in [-0.4, -0.2) is 12.6 Å². The molecule has 0 bridgehead atoms. The summed E-state index contributed by atoms with van der Waals surface area (Å²) >= 11 is 0. The van der Waals surface area contributed by atoms with Crippen LogP contribution < -0.4 is 4.74 Å². The largest absolute Gasteiger partial charge is 0.489 e. The number of hydrogen-bond acceptors (Lipinski definition) is 3. The topological polar surface area (TPSA) is 35.5 Å². The fourth-order valence-corrected chi connectivity index (χ4v) is 1.96. The van der Waals surface area contributed by atoms with Gasteiger partial charge < -0.3 is 9.47 Å². The quantitative estimate of drug-likeness (QED) is 0.717. The van der Waals surface area contributed by atoms with Crippen LogP contribution in [0.15, 0.2) is 60.7 Å². The van der Waals surface area contributed by atoms with Gasteiger partial charge in [0.2, 0.25) is 0 Å². The number of rotatable bonds is 7. The molecule has 0 aliphatic carbocycles. The molecule has 3 nitrogen and oxygen atoms in total. The van der Waals surface area contributed by atoms with Gasteiger partial charge in [0.25, 0.3) is 0 Å². The summed E-state index contributed by atoms with van der Waals surface area (Å²) in [6, 6.07) is 17.8. The molecule has 0 spiro atoms. The molecule has 3 heteroatoms. The minimum absolute atomic E-state index is 0.213. The zero-order chi connectivity index (χ0) is 15.6. The lowest BCUT2D eigenvalue weighted by Gasteiger charge is -2.06. The Morgan fingerprint density at radius 2 is 1.91 bits per heavy atom. The van der Waals surface area contributed by atoms with Crippen molar-refractivity contribution in [1.29, 1.82) is 0 Å². The van der Waals surface area contributed by atoms with E-state index in [1.165, 1.54) is 0 Å². The number of benzene rings is 2. The van der Waals surface area contributed by atoms with E-state index in [9.17, 15) is 4.79 Å². The van der Waals surface area contributed by atoms with E-state index < -0.39 is 0 Å². The average molecular weight is 296 g/mol. The smallest absolute Gasteiger partial charge is 0.309 e. The van der Waals surface area contributed by atoms with E-state index in [2.05, 4.69) is 0 Å². The maximum atomic E-state index is 11.3. The van der Waals surface area contributed by atoms with Crippen molar-refractivity contribution in [3.8, 4) is 5.75 Å². The number of ether oxygens (including phenoxy) is 2. The normalized spacial score (nSPS) is 10.6. The molecule has 0 fully saturated rings. The van der Waals surface area contributed by atoms with E-state index in [-0.39, 0.29) is 12.4 Å². The highest BCUT2D eigenvalue weighted by molar-refractivity contribution is 5.72. The molecule has 0 N–H and O–H groups in total. The van der Waals surface area contributed by atoms with Crippen LogP contribution in [0.3, 0.4) is 0 Å². The molecule has 0 saturated heterocycles. The van der Waals surface area contributed by atoms with Crippen molar-refractivity contribution >= 4 is 12.0 Å². The zero-order valence-electron chi connectivity index (χ0n) is 12.7. The first-order valence-corrected chi connectivity index (χ1v) is 7.37. The summed E-state index contributed by atoms with van der Waals surface area (Å²) in [5, 5.41) is 0. The van der Waals surface area contributed by atoms with Gasteiger partial charge in [0.15, 0.2) is 0 Å². The van der Waals surface area contributed by atoms with Crippen LogP contribution in [0.2, 0.25) is 0 Å². The van der Waals surface area contributed by atoms with Gasteiger partial charge in [-0.15, -0.1) is 0 Å². The molecule has 0 aromatic heterocycles.